The van der Waals surface area contributed by atoms with Gasteiger partial charge in [0.1, 0.15) is 6.04 Å². The second kappa shape index (κ2) is 5.79. The van der Waals surface area contributed by atoms with Gasteiger partial charge in [-0.15, -0.1) is 0 Å². The van der Waals surface area contributed by atoms with Crippen molar-refractivity contribution in [3.8, 4) is 0 Å². The third-order valence-electron chi connectivity index (χ3n) is 1.59. The van der Waals surface area contributed by atoms with Crippen molar-refractivity contribution in [2.24, 2.45) is 0 Å². The number of hydrogen-bond acceptors (Lipinski definition) is 3. The zero-order valence-corrected chi connectivity index (χ0v) is 9.01. The average molecular weight is 213 g/mol. The van der Waals surface area contributed by atoms with E-state index >= 15 is 0 Å². The number of hydrogen-bond donors (Lipinski definition) is 3. The van der Waals surface area contributed by atoms with Crippen molar-refractivity contribution >= 4 is 17.7 Å². The fourth-order valence-electron chi connectivity index (χ4n) is 0.835. The van der Waals surface area contributed by atoms with Gasteiger partial charge in [-0.2, -0.15) is 0 Å². The molecule has 3 N–H and O–H groups in total. The summed E-state index contributed by atoms with van der Waals surface area (Å²) in [5, 5.41) is 6.98. The maximum absolute atomic E-state index is 11.3. The minimum atomic E-state index is -0.673. The van der Waals surface area contributed by atoms with Crippen molar-refractivity contribution in [2.45, 2.75) is 19.9 Å². The molecule has 15 heavy (non-hydrogen) atoms. The molecule has 1 atom stereocenters. The highest BCUT2D eigenvalue weighted by Crippen LogP contribution is 1.88. The maximum Gasteiger partial charge on any atom is 0.267 e. The molecule has 0 bridgehead atoms. The molecule has 0 spiro atoms. The van der Waals surface area contributed by atoms with E-state index in [0.29, 0.717) is 0 Å². The smallest absolute Gasteiger partial charge is 0.267 e. The van der Waals surface area contributed by atoms with Gasteiger partial charge in [-0.1, -0.05) is 6.58 Å². The van der Waals surface area contributed by atoms with Crippen LogP contribution in [0.4, 0.5) is 0 Å². The lowest BCUT2D eigenvalue weighted by Gasteiger charge is -2.13. The second-order valence-corrected chi connectivity index (χ2v) is 2.97. The fraction of sp³-hybridized carbons (Fsp3) is 0.444. The van der Waals surface area contributed by atoms with Crippen LogP contribution in [-0.2, 0) is 14.4 Å². The van der Waals surface area contributed by atoms with Crippen LogP contribution in [0.2, 0.25) is 0 Å². The van der Waals surface area contributed by atoms with E-state index in [0.717, 1.165) is 0 Å². The van der Waals surface area contributed by atoms with Crippen LogP contribution in [0, 0.1) is 0 Å². The number of carbonyl (C=O) groups excluding carboxylic acids is 3. The monoisotopic (exact) mass is 213 g/mol. The van der Waals surface area contributed by atoms with Crippen molar-refractivity contribution in [1.82, 2.24) is 16.0 Å². The molecule has 0 aromatic heterocycles. The lowest BCUT2D eigenvalue weighted by atomic mass is 10.3. The van der Waals surface area contributed by atoms with Gasteiger partial charge in [-0.05, 0) is 6.92 Å². The molecule has 0 saturated carbocycles. The molecule has 0 heterocycles. The predicted octanol–water partition coefficient (Wildman–Crippen LogP) is -1.11. The van der Waals surface area contributed by atoms with Crippen LogP contribution in [0.15, 0.2) is 12.3 Å². The number of nitrogens with one attached hydrogen (secondary N) is 3. The lowest BCUT2D eigenvalue weighted by Crippen LogP contribution is -2.45. The van der Waals surface area contributed by atoms with E-state index in [2.05, 4.69) is 22.5 Å². The van der Waals surface area contributed by atoms with E-state index in [4.69, 9.17) is 0 Å². The molecular formula is C9H15N3O3. The molecule has 0 saturated heterocycles. The highest BCUT2D eigenvalue weighted by molar-refractivity contribution is 5.98. The van der Waals surface area contributed by atoms with E-state index < -0.39 is 11.9 Å². The van der Waals surface area contributed by atoms with Gasteiger partial charge in [0.15, 0.2) is 0 Å². The van der Waals surface area contributed by atoms with Gasteiger partial charge in [0.2, 0.25) is 11.8 Å². The standard InChI is InChI=1S/C9H15N3O3/c1-5(8(14)10-4)12-9(15)6(2)11-7(3)13/h5H,2H2,1,3-4H3,(H,10,14)(H,11,13)(H,12,15)/t5-/m0/s1. The summed E-state index contributed by atoms with van der Waals surface area (Å²) in [5.74, 6) is -1.29. The van der Waals surface area contributed by atoms with Gasteiger partial charge in [0.05, 0.1) is 5.70 Å². The molecule has 0 fully saturated rings. The van der Waals surface area contributed by atoms with Crippen LogP contribution < -0.4 is 16.0 Å². The molecule has 0 radical (unpaired) electrons. The first-order valence-electron chi connectivity index (χ1n) is 4.37. The van der Waals surface area contributed by atoms with E-state index in [1.165, 1.54) is 20.9 Å². The summed E-state index contributed by atoms with van der Waals surface area (Å²) >= 11 is 0. The fourth-order valence-corrected chi connectivity index (χ4v) is 0.835. The Labute approximate surface area is 88.1 Å². The highest BCUT2D eigenvalue weighted by Gasteiger charge is 2.16. The SMILES string of the molecule is C=C(NC(C)=O)C(=O)N[C@@H](C)C(=O)NC. The van der Waals surface area contributed by atoms with Gasteiger partial charge in [0, 0.05) is 14.0 Å². The van der Waals surface area contributed by atoms with Gasteiger partial charge in [-0.3, -0.25) is 14.4 Å². The Bertz CT molecular complexity index is 299. The van der Waals surface area contributed by atoms with Crippen LogP contribution in [0.5, 0.6) is 0 Å². The number of likely N-dealkylation sites (N-methyl/N-ethyl adjacent to an activating group) is 1. The summed E-state index contributed by atoms with van der Waals surface area (Å²) in [6.07, 6.45) is 0. The van der Waals surface area contributed by atoms with Gasteiger partial charge < -0.3 is 16.0 Å². The second-order valence-electron chi connectivity index (χ2n) is 2.97. The Morgan fingerprint density at radius 2 is 1.80 bits per heavy atom. The van der Waals surface area contributed by atoms with Crippen molar-refractivity contribution in [3.05, 3.63) is 12.3 Å². The lowest BCUT2D eigenvalue weighted by molar-refractivity contribution is -0.127. The summed E-state index contributed by atoms with van der Waals surface area (Å²) in [5.41, 5.74) is -0.0850. The topological polar surface area (TPSA) is 87.3 Å². The molecule has 84 valence electrons. The summed E-state index contributed by atoms with van der Waals surface area (Å²) < 4.78 is 0. The summed E-state index contributed by atoms with van der Waals surface area (Å²) in [7, 11) is 1.47. The Hall–Kier alpha value is -1.85. The number of rotatable bonds is 4. The number of carbonyl (C=O) groups is 3. The third kappa shape index (κ3) is 4.80. The first kappa shape index (κ1) is 13.2. The molecule has 0 unspecified atom stereocenters. The third-order valence-corrected chi connectivity index (χ3v) is 1.59. The Balaban J connectivity index is 4.19. The molecule has 0 aromatic rings. The first-order chi connectivity index (χ1) is 6.88. The van der Waals surface area contributed by atoms with E-state index in [9.17, 15) is 14.4 Å². The van der Waals surface area contributed by atoms with Crippen molar-refractivity contribution in [2.75, 3.05) is 7.05 Å². The molecule has 0 aliphatic rings. The number of amides is 3. The van der Waals surface area contributed by atoms with Crippen LogP contribution in [0.1, 0.15) is 13.8 Å². The Kier molecular flexibility index (Phi) is 5.08. The largest absolute Gasteiger partial charge is 0.357 e. The minimum absolute atomic E-state index is 0.0850. The van der Waals surface area contributed by atoms with Gasteiger partial charge in [0.25, 0.3) is 5.91 Å². The van der Waals surface area contributed by atoms with E-state index in [-0.39, 0.29) is 17.5 Å². The zero-order valence-electron chi connectivity index (χ0n) is 9.01. The van der Waals surface area contributed by atoms with Gasteiger partial charge >= 0.3 is 0 Å². The molecule has 0 aliphatic heterocycles. The average Bonchev–Trinajstić information content (AvgIpc) is 2.15. The first-order valence-corrected chi connectivity index (χ1v) is 4.37. The molecule has 6 heteroatoms. The van der Waals surface area contributed by atoms with Crippen molar-refractivity contribution < 1.29 is 14.4 Å². The van der Waals surface area contributed by atoms with Crippen molar-refractivity contribution in [3.63, 3.8) is 0 Å². The molecule has 6 nitrogen and oxygen atoms in total. The minimum Gasteiger partial charge on any atom is -0.357 e. The molecule has 0 aromatic carbocycles. The summed E-state index contributed by atoms with van der Waals surface area (Å²) in [6, 6.07) is -0.673. The maximum atomic E-state index is 11.3. The normalized spacial score (nSPS) is 11.1. The highest BCUT2D eigenvalue weighted by atomic mass is 16.2. The molecule has 3 amide bonds. The van der Waals surface area contributed by atoms with Crippen molar-refractivity contribution in [1.29, 1.82) is 0 Å². The summed E-state index contributed by atoms with van der Waals surface area (Å²) in [6.45, 7) is 6.15. The predicted molar refractivity (Wildman–Crippen MR) is 54.6 cm³/mol. The zero-order chi connectivity index (χ0) is 12.0. The van der Waals surface area contributed by atoms with Crippen LogP contribution >= 0.6 is 0 Å². The Morgan fingerprint density at radius 1 is 1.27 bits per heavy atom. The van der Waals surface area contributed by atoms with E-state index in [1.807, 2.05) is 0 Å². The van der Waals surface area contributed by atoms with Crippen LogP contribution in [-0.4, -0.2) is 30.8 Å². The van der Waals surface area contributed by atoms with E-state index in [1.54, 1.807) is 0 Å². The van der Waals surface area contributed by atoms with Crippen LogP contribution in [0.25, 0.3) is 0 Å². The van der Waals surface area contributed by atoms with Crippen LogP contribution in [0.3, 0.4) is 0 Å². The molecular weight excluding hydrogens is 198 g/mol. The van der Waals surface area contributed by atoms with Gasteiger partial charge in [-0.25, -0.2) is 0 Å². The molecule has 0 rings (SSSR count). The quantitative estimate of drug-likeness (QED) is 0.517. The molecule has 0 aliphatic carbocycles. The summed E-state index contributed by atoms with van der Waals surface area (Å²) in [4.78, 5) is 33.0. The Morgan fingerprint density at radius 3 is 2.20 bits per heavy atom.